The summed E-state index contributed by atoms with van der Waals surface area (Å²) in [5.41, 5.74) is 7.02. The molecule has 0 spiro atoms. The summed E-state index contributed by atoms with van der Waals surface area (Å²) < 4.78 is 0. The fraction of sp³-hybridized carbons (Fsp3) is 0.727. The molecular weight excluding hydrogens is 206 g/mol. The molecule has 0 amide bonds. The van der Waals surface area contributed by atoms with Crippen LogP contribution in [0.1, 0.15) is 42.8 Å². The van der Waals surface area contributed by atoms with E-state index in [1.54, 1.807) is 11.3 Å². The van der Waals surface area contributed by atoms with Crippen molar-refractivity contribution < 1.29 is 0 Å². The van der Waals surface area contributed by atoms with Gasteiger partial charge in [0.2, 0.25) is 0 Å². The highest BCUT2D eigenvalue weighted by Crippen LogP contribution is 2.31. The number of rotatable bonds is 2. The Balaban J connectivity index is 2.17. The predicted molar refractivity (Wildman–Crippen MR) is 65.5 cm³/mol. The van der Waals surface area contributed by atoms with Crippen LogP contribution in [0.15, 0.2) is 0 Å². The normalized spacial score (nSPS) is 19.3. The summed E-state index contributed by atoms with van der Waals surface area (Å²) in [6, 6.07) is 0.112. The topological polar surface area (TPSA) is 42.2 Å². The number of hydrogen-bond acceptors (Lipinski definition) is 4. The zero-order valence-electron chi connectivity index (χ0n) is 9.49. The van der Waals surface area contributed by atoms with E-state index in [0.29, 0.717) is 0 Å². The van der Waals surface area contributed by atoms with Crippen LogP contribution >= 0.6 is 11.3 Å². The molecule has 1 aliphatic heterocycles. The fourth-order valence-electron chi connectivity index (χ4n) is 2.04. The van der Waals surface area contributed by atoms with Gasteiger partial charge in [0.05, 0.1) is 5.69 Å². The highest BCUT2D eigenvalue weighted by molar-refractivity contribution is 7.15. The van der Waals surface area contributed by atoms with Gasteiger partial charge in [0.15, 0.2) is 5.13 Å². The van der Waals surface area contributed by atoms with Crippen molar-refractivity contribution in [2.24, 2.45) is 5.73 Å². The molecular formula is C11H19N3S. The summed E-state index contributed by atoms with van der Waals surface area (Å²) in [5.74, 6) is 0. The third kappa shape index (κ3) is 2.32. The van der Waals surface area contributed by atoms with E-state index in [0.717, 1.165) is 18.8 Å². The minimum Gasteiger partial charge on any atom is -0.348 e. The Kier molecular flexibility index (Phi) is 3.26. The maximum absolute atomic E-state index is 5.91. The minimum absolute atomic E-state index is 0.112. The van der Waals surface area contributed by atoms with Gasteiger partial charge in [-0.05, 0) is 33.1 Å². The fourth-order valence-corrected chi connectivity index (χ4v) is 3.11. The van der Waals surface area contributed by atoms with E-state index >= 15 is 0 Å². The van der Waals surface area contributed by atoms with Crippen molar-refractivity contribution in [1.82, 2.24) is 4.98 Å². The van der Waals surface area contributed by atoms with Gasteiger partial charge in [0.25, 0.3) is 0 Å². The van der Waals surface area contributed by atoms with Gasteiger partial charge in [-0.3, -0.25) is 0 Å². The van der Waals surface area contributed by atoms with E-state index in [2.05, 4.69) is 16.8 Å². The standard InChI is InChI=1S/C11H19N3S/c1-8(12)10-9(2)13-11(15-10)14-6-4-3-5-7-14/h8H,3-7,12H2,1-2H3/t8-/m0/s1. The van der Waals surface area contributed by atoms with Crippen molar-refractivity contribution in [3.63, 3.8) is 0 Å². The first-order valence-electron chi connectivity index (χ1n) is 5.66. The number of piperidine rings is 1. The van der Waals surface area contributed by atoms with Gasteiger partial charge in [-0.15, -0.1) is 11.3 Å². The van der Waals surface area contributed by atoms with Gasteiger partial charge < -0.3 is 10.6 Å². The average molecular weight is 225 g/mol. The van der Waals surface area contributed by atoms with E-state index in [-0.39, 0.29) is 6.04 Å². The molecule has 0 unspecified atom stereocenters. The number of nitrogens with two attached hydrogens (primary N) is 1. The zero-order chi connectivity index (χ0) is 10.8. The zero-order valence-corrected chi connectivity index (χ0v) is 10.3. The Hall–Kier alpha value is -0.610. The molecule has 2 rings (SSSR count). The second-order valence-electron chi connectivity index (χ2n) is 4.28. The number of thiazole rings is 1. The van der Waals surface area contributed by atoms with Gasteiger partial charge in [0, 0.05) is 24.0 Å². The maximum Gasteiger partial charge on any atom is 0.185 e. The highest BCUT2D eigenvalue weighted by Gasteiger charge is 2.17. The maximum atomic E-state index is 5.91. The largest absolute Gasteiger partial charge is 0.348 e. The summed E-state index contributed by atoms with van der Waals surface area (Å²) in [6.45, 7) is 6.40. The Labute approximate surface area is 95.3 Å². The number of nitrogens with zero attached hydrogens (tertiary/aromatic N) is 2. The van der Waals surface area contributed by atoms with Crippen molar-refractivity contribution in [3.8, 4) is 0 Å². The molecule has 84 valence electrons. The molecule has 15 heavy (non-hydrogen) atoms. The molecule has 3 nitrogen and oxygen atoms in total. The summed E-state index contributed by atoms with van der Waals surface area (Å²) >= 11 is 1.76. The van der Waals surface area contributed by atoms with Crippen LogP contribution in [0.25, 0.3) is 0 Å². The van der Waals surface area contributed by atoms with E-state index in [9.17, 15) is 0 Å². The van der Waals surface area contributed by atoms with E-state index < -0.39 is 0 Å². The molecule has 1 atom stereocenters. The Morgan fingerprint density at radius 1 is 1.33 bits per heavy atom. The van der Waals surface area contributed by atoms with Crippen LogP contribution in [0.3, 0.4) is 0 Å². The van der Waals surface area contributed by atoms with E-state index in [1.807, 2.05) is 6.92 Å². The quantitative estimate of drug-likeness (QED) is 0.840. The second-order valence-corrected chi connectivity index (χ2v) is 5.29. The number of anilines is 1. The molecule has 0 radical (unpaired) electrons. The first-order chi connectivity index (χ1) is 7.18. The third-order valence-corrected chi connectivity index (χ3v) is 4.28. The third-order valence-electron chi connectivity index (χ3n) is 2.86. The molecule has 0 saturated carbocycles. The smallest absolute Gasteiger partial charge is 0.185 e. The lowest BCUT2D eigenvalue weighted by Gasteiger charge is -2.25. The highest BCUT2D eigenvalue weighted by atomic mass is 32.1. The van der Waals surface area contributed by atoms with Gasteiger partial charge in [-0.25, -0.2) is 4.98 Å². The lowest BCUT2D eigenvalue weighted by molar-refractivity contribution is 0.576. The van der Waals surface area contributed by atoms with Crippen molar-refractivity contribution in [1.29, 1.82) is 0 Å². The van der Waals surface area contributed by atoms with E-state index in [4.69, 9.17) is 5.73 Å². The summed E-state index contributed by atoms with van der Waals surface area (Å²) in [4.78, 5) is 8.25. The molecule has 1 fully saturated rings. The van der Waals surface area contributed by atoms with Crippen molar-refractivity contribution in [3.05, 3.63) is 10.6 Å². The molecule has 1 aromatic rings. The number of hydrogen-bond donors (Lipinski definition) is 1. The van der Waals surface area contributed by atoms with Crippen LogP contribution in [0.2, 0.25) is 0 Å². The SMILES string of the molecule is Cc1nc(N2CCCCC2)sc1[C@H](C)N. The molecule has 2 heterocycles. The molecule has 0 bridgehead atoms. The van der Waals surface area contributed by atoms with Gasteiger partial charge >= 0.3 is 0 Å². The molecule has 0 aromatic carbocycles. The van der Waals surface area contributed by atoms with Crippen LogP contribution in [0.4, 0.5) is 5.13 Å². The minimum atomic E-state index is 0.112. The Bertz CT molecular complexity index is 327. The molecule has 2 N–H and O–H groups in total. The predicted octanol–water partition coefficient (Wildman–Crippen LogP) is 2.46. The van der Waals surface area contributed by atoms with Crippen LogP contribution < -0.4 is 10.6 Å². The van der Waals surface area contributed by atoms with Gasteiger partial charge in [-0.2, -0.15) is 0 Å². The molecule has 1 aliphatic rings. The molecule has 0 aliphatic carbocycles. The summed E-state index contributed by atoms with van der Waals surface area (Å²) in [5, 5.41) is 1.17. The van der Waals surface area contributed by atoms with Gasteiger partial charge in [0.1, 0.15) is 0 Å². The molecule has 1 aromatic heterocycles. The van der Waals surface area contributed by atoms with Crippen LogP contribution in [-0.2, 0) is 0 Å². The monoisotopic (exact) mass is 225 g/mol. The van der Waals surface area contributed by atoms with Crippen molar-refractivity contribution in [2.75, 3.05) is 18.0 Å². The van der Waals surface area contributed by atoms with Crippen LogP contribution in [0, 0.1) is 6.92 Å². The lowest BCUT2D eigenvalue weighted by atomic mass is 10.1. The summed E-state index contributed by atoms with van der Waals surface area (Å²) in [6.07, 6.45) is 3.96. The molecule has 4 heteroatoms. The second kappa shape index (κ2) is 4.49. The molecule has 1 saturated heterocycles. The van der Waals surface area contributed by atoms with Crippen LogP contribution in [-0.4, -0.2) is 18.1 Å². The van der Waals surface area contributed by atoms with E-state index in [1.165, 1.54) is 29.3 Å². The number of aromatic nitrogens is 1. The van der Waals surface area contributed by atoms with Crippen molar-refractivity contribution >= 4 is 16.5 Å². The summed E-state index contributed by atoms with van der Waals surface area (Å²) in [7, 11) is 0. The first-order valence-corrected chi connectivity index (χ1v) is 6.48. The van der Waals surface area contributed by atoms with Gasteiger partial charge in [-0.1, -0.05) is 0 Å². The number of aryl methyl sites for hydroxylation is 1. The Morgan fingerprint density at radius 2 is 2.00 bits per heavy atom. The van der Waals surface area contributed by atoms with Crippen molar-refractivity contribution in [2.45, 2.75) is 39.2 Å². The van der Waals surface area contributed by atoms with Crippen LogP contribution in [0.5, 0.6) is 0 Å². The first kappa shape index (κ1) is 10.9. The average Bonchev–Trinajstić information content (AvgIpc) is 2.62. The Morgan fingerprint density at radius 3 is 2.53 bits per heavy atom. The lowest BCUT2D eigenvalue weighted by Crippen LogP contribution is -2.29.